The molecular formula is C27H31FN2O3. The molecule has 1 aliphatic rings. The van der Waals surface area contributed by atoms with E-state index in [2.05, 4.69) is 10.3 Å². The zero-order valence-electron chi connectivity index (χ0n) is 18.8. The summed E-state index contributed by atoms with van der Waals surface area (Å²) in [5.74, 6) is -0.372. The van der Waals surface area contributed by atoms with E-state index in [0.29, 0.717) is 30.0 Å². The van der Waals surface area contributed by atoms with Gasteiger partial charge in [-0.3, -0.25) is 9.78 Å². The van der Waals surface area contributed by atoms with Gasteiger partial charge in [-0.2, -0.15) is 0 Å². The number of hydrogen-bond donors (Lipinski definition) is 2. The van der Waals surface area contributed by atoms with Crippen molar-refractivity contribution in [2.75, 3.05) is 13.2 Å². The maximum absolute atomic E-state index is 13.2. The van der Waals surface area contributed by atoms with Crippen molar-refractivity contribution in [3.63, 3.8) is 0 Å². The molecule has 0 aliphatic heterocycles. The molecule has 0 saturated heterocycles. The first-order valence-corrected chi connectivity index (χ1v) is 11.4. The molecule has 0 bridgehead atoms. The Morgan fingerprint density at radius 2 is 1.82 bits per heavy atom. The van der Waals surface area contributed by atoms with Gasteiger partial charge < -0.3 is 15.2 Å². The number of halogens is 1. The van der Waals surface area contributed by atoms with Crippen LogP contribution in [0.25, 0.3) is 11.3 Å². The van der Waals surface area contributed by atoms with Crippen molar-refractivity contribution >= 4 is 5.91 Å². The molecule has 1 aliphatic carbocycles. The summed E-state index contributed by atoms with van der Waals surface area (Å²) in [6.07, 6.45) is 7.29. The number of aromatic nitrogens is 1. The van der Waals surface area contributed by atoms with E-state index in [1.54, 1.807) is 30.5 Å². The molecule has 3 aromatic rings. The first-order valence-electron chi connectivity index (χ1n) is 11.4. The number of amides is 1. The van der Waals surface area contributed by atoms with Gasteiger partial charge in [0.15, 0.2) is 0 Å². The van der Waals surface area contributed by atoms with E-state index < -0.39 is 0 Å². The lowest BCUT2D eigenvalue weighted by atomic mass is 9.95. The van der Waals surface area contributed by atoms with Crippen molar-refractivity contribution in [3.05, 3.63) is 89.9 Å². The molecule has 2 aromatic carbocycles. The van der Waals surface area contributed by atoms with Crippen molar-refractivity contribution in [1.82, 2.24) is 10.3 Å². The highest BCUT2D eigenvalue weighted by molar-refractivity contribution is 5.94. The van der Waals surface area contributed by atoms with Crippen LogP contribution in [0.15, 0.2) is 72.9 Å². The zero-order chi connectivity index (χ0) is 23.3. The van der Waals surface area contributed by atoms with Crippen molar-refractivity contribution in [2.45, 2.75) is 44.8 Å². The third-order valence-electron chi connectivity index (χ3n) is 5.43. The number of nitrogens with one attached hydrogen (secondary N) is 1. The number of carbonyl (C=O) groups excluding carboxylic acids is 1. The van der Waals surface area contributed by atoms with Crippen LogP contribution in [-0.2, 0) is 11.3 Å². The largest absolute Gasteiger partial charge is 0.394 e. The van der Waals surface area contributed by atoms with E-state index in [0.717, 1.165) is 18.4 Å². The minimum Gasteiger partial charge on any atom is -0.394 e. The number of carbonyl (C=O) groups is 1. The number of aliphatic hydroxyl groups is 1. The Labute approximate surface area is 194 Å². The second kappa shape index (κ2) is 13.5. The molecule has 1 amide bonds. The van der Waals surface area contributed by atoms with Crippen LogP contribution in [0.1, 0.15) is 48.0 Å². The quantitative estimate of drug-likeness (QED) is 0.489. The van der Waals surface area contributed by atoms with E-state index in [-0.39, 0.29) is 24.4 Å². The van der Waals surface area contributed by atoms with Crippen LogP contribution in [0.2, 0.25) is 0 Å². The lowest BCUT2D eigenvalue weighted by molar-refractivity contribution is 0.0815. The molecule has 0 spiro atoms. The predicted molar refractivity (Wildman–Crippen MR) is 127 cm³/mol. The second-order valence-electron chi connectivity index (χ2n) is 8.01. The van der Waals surface area contributed by atoms with Crippen LogP contribution in [0, 0.1) is 5.82 Å². The molecule has 174 valence electrons. The SMILES string of the molecule is O=C(NC1CCCCC1)c1ccc(-c2cccc(F)c2)nc1.OCCOCc1ccccc1. The highest BCUT2D eigenvalue weighted by atomic mass is 19.1. The van der Waals surface area contributed by atoms with E-state index in [9.17, 15) is 9.18 Å². The summed E-state index contributed by atoms with van der Waals surface area (Å²) in [5, 5.41) is 11.5. The number of benzene rings is 2. The van der Waals surface area contributed by atoms with Gasteiger partial charge in [0.05, 0.1) is 31.1 Å². The number of aliphatic hydroxyl groups excluding tert-OH is 1. The van der Waals surface area contributed by atoms with E-state index >= 15 is 0 Å². The Balaban J connectivity index is 0.000000235. The maximum Gasteiger partial charge on any atom is 0.253 e. The summed E-state index contributed by atoms with van der Waals surface area (Å²) >= 11 is 0. The maximum atomic E-state index is 13.2. The number of rotatable bonds is 7. The molecule has 0 atom stereocenters. The van der Waals surface area contributed by atoms with Gasteiger partial charge in [-0.1, -0.05) is 61.7 Å². The highest BCUT2D eigenvalue weighted by Gasteiger charge is 2.16. The average Bonchev–Trinajstić information content (AvgIpc) is 2.86. The molecule has 1 heterocycles. The summed E-state index contributed by atoms with van der Waals surface area (Å²) < 4.78 is 18.3. The molecule has 1 fully saturated rings. The summed E-state index contributed by atoms with van der Waals surface area (Å²) in [6, 6.07) is 20.0. The smallest absolute Gasteiger partial charge is 0.253 e. The van der Waals surface area contributed by atoms with Gasteiger partial charge in [-0.25, -0.2) is 4.39 Å². The fourth-order valence-corrected chi connectivity index (χ4v) is 3.69. The predicted octanol–water partition coefficient (Wildman–Crippen LogP) is 5.15. The second-order valence-corrected chi connectivity index (χ2v) is 8.01. The number of nitrogens with zero attached hydrogens (tertiary/aromatic N) is 1. The highest BCUT2D eigenvalue weighted by Crippen LogP contribution is 2.19. The summed E-state index contributed by atoms with van der Waals surface area (Å²) in [6.45, 7) is 1.09. The van der Waals surface area contributed by atoms with Crippen LogP contribution in [0.3, 0.4) is 0 Å². The Morgan fingerprint density at radius 3 is 2.48 bits per heavy atom. The van der Waals surface area contributed by atoms with Crippen LogP contribution >= 0.6 is 0 Å². The summed E-state index contributed by atoms with van der Waals surface area (Å²) in [7, 11) is 0. The monoisotopic (exact) mass is 450 g/mol. The van der Waals surface area contributed by atoms with E-state index in [1.807, 2.05) is 30.3 Å². The fraction of sp³-hybridized carbons (Fsp3) is 0.333. The molecule has 6 heteroatoms. The summed E-state index contributed by atoms with van der Waals surface area (Å²) in [5.41, 5.74) is 3.06. The van der Waals surface area contributed by atoms with Gasteiger partial charge in [0.1, 0.15) is 5.82 Å². The molecule has 1 aromatic heterocycles. The van der Waals surface area contributed by atoms with Crippen molar-refractivity contribution < 1.29 is 19.0 Å². The van der Waals surface area contributed by atoms with Gasteiger partial charge in [0.2, 0.25) is 0 Å². The van der Waals surface area contributed by atoms with E-state index in [1.165, 1.54) is 31.4 Å². The zero-order valence-corrected chi connectivity index (χ0v) is 18.8. The molecule has 2 N–H and O–H groups in total. The molecular weight excluding hydrogens is 419 g/mol. The standard InChI is InChI=1S/C18H19FN2O.C9H12O2/c19-15-6-4-5-13(11-15)17-10-9-14(12-20-17)18(22)21-16-7-2-1-3-8-16;10-6-7-11-8-9-4-2-1-3-5-9/h4-6,9-12,16H,1-3,7-8H2,(H,21,22);1-5,10H,6-8H2. The molecule has 0 unspecified atom stereocenters. The Bertz CT molecular complexity index is 974. The van der Waals surface area contributed by atoms with Crippen molar-refractivity contribution in [3.8, 4) is 11.3 Å². The Kier molecular flexibility index (Phi) is 10.0. The number of hydrogen-bond acceptors (Lipinski definition) is 4. The molecule has 5 nitrogen and oxygen atoms in total. The first-order chi connectivity index (χ1) is 16.2. The van der Waals surface area contributed by atoms with Gasteiger partial charge in [-0.05, 0) is 42.7 Å². The van der Waals surface area contributed by atoms with E-state index in [4.69, 9.17) is 9.84 Å². The minimum atomic E-state index is -0.293. The van der Waals surface area contributed by atoms with Gasteiger partial charge in [-0.15, -0.1) is 0 Å². The van der Waals surface area contributed by atoms with Crippen LogP contribution in [-0.4, -0.2) is 35.3 Å². The van der Waals surface area contributed by atoms with Gasteiger partial charge in [0.25, 0.3) is 5.91 Å². The lowest BCUT2D eigenvalue weighted by Crippen LogP contribution is -2.36. The third-order valence-corrected chi connectivity index (χ3v) is 5.43. The van der Waals surface area contributed by atoms with Crippen molar-refractivity contribution in [1.29, 1.82) is 0 Å². The third kappa shape index (κ3) is 8.40. The topological polar surface area (TPSA) is 71.5 Å². The van der Waals surface area contributed by atoms with Crippen LogP contribution in [0.5, 0.6) is 0 Å². The van der Waals surface area contributed by atoms with Crippen molar-refractivity contribution in [2.24, 2.45) is 0 Å². The number of ether oxygens (including phenoxy) is 1. The minimum absolute atomic E-state index is 0.0785. The fourth-order valence-electron chi connectivity index (χ4n) is 3.69. The first kappa shape index (κ1) is 24.6. The van der Waals surface area contributed by atoms with Crippen LogP contribution in [0.4, 0.5) is 4.39 Å². The Morgan fingerprint density at radius 1 is 1.03 bits per heavy atom. The molecule has 4 rings (SSSR count). The summed E-state index contributed by atoms with van der Waals surface area (Å²) in [4.78, 5) is 16.5. The van der Waals surface area contributed by atoms with Gasteiger partial charge >= 0.3 is 0 Å². The Hall–Kier alpha value is -3.09. The average molecular weight is 451 g/mol. The molecule has 0 radical (unpaired) electrons. The lowest BCUT2D eigenvalue weighted by Gasteiger charge is -2.22. The number of pyridine rings is 1. The van der Waals surface area contributed by atoms with Crippen LogP contribution < -0.4 is 5.32 Å². The normalized spacial score (nSPS) is 13.6. The van der Waals surface area contributed by atoms with Gasteiger partial charge in [0, 0.05) is 17.8 Å². The molecule has 1 saturated carbocycles. The molecule has 33 heavy (non-hydrogen) atoms.